The number of hydrogen-bond donors (Lipinski definition) is 2. The summed E-state index contributed by atoms with van der Waals surface area (Å²) >= 11 is 0. The zero-order chi connectivity index (χ0) is 13.9. The van der Waals surface area contributed by atoms with Crippen molar-refractivity contribution in [3.63, 3.8) is 0 Å². The zero-order valence-electron chi connectivity index (χ0n) is 11.1. The molecule has 1 aliphatic rings. The minimum atomic E-state index is -0.845. The summed E-state index contributed by atoms with van der Waals surface area (Å²) in [6.07, 6.45) is 2.32. The van der Waals surface area contributed by atoms with Crippen molar-refractivity contribution in [3.05, 3.63) is 65.7 Å². The Bertz CT molecular complexity index is 605. The Labute approximate surface area is 118 Å². The predicted octanol–water partition coefficient (Wildman–Crippen LogP) is 3.80. The van der Waals surface area contributed by atoms with E-state index in [1.807, 2.05) is 48.5 Å². The third-order valence-corrected chi connectivity index (χ3v) is 3.66. The van der Waals surface area contributed by atoms with Crippen molar-refractivity contribution in [2.75, 3.05) is 5.32 Å². The van der Waals surface area contributed by atoms with Gasteiger partial charge in [-0.25, -0.2) is 4.79 Å². The second-order valence-corrected chi connectivity index (χ2v) is 5.18. The second-order valence-electron chi connectivity index (χ2n) is 5.18. The van der Waals surface area contributed by atoms with Gasteiger partial charge in [-0.15, -0.1) is 0 Å². The molecule has 102 valence electrons. The molecule has 1 saturated carbocycles. The summed E-state index contributed by atoms with van der Waals surface area (Å²) in [6, 6.07) is 16.6. The van der Waals surface area contributed by atoms with Gasteiger partial charge in [0, 0.05) is 5.69 Å². The maximum atomic E-state index is 11.6. The molecule has 2 N–H and O–H groups in total. The van der Waals surface area contributed by atoms with Crippen molar-refractivity contribution in [1.29, 1.82) is 0 Å². The summed E-state index contributed by atoms with van der Waals surface area (Å²) < 4.78 is 0. The monoisotopic (exact) mass is 267 g/mol. The predicted molar refractivity (Wildman–Crippen MR) is 78.9 cm³/mol. The number of carboxylic acids is 1. The van der Waals surface area contributed by atoms with Gasteiger partial charge in [0.15, 0.2) is 6.04 Å². The van der Waals surface area contributed by atoms with Gasteiger partial charge in [-0.3, -0.25) is 0 Å². The maximum absolute atomic E-state index is 11.6. The van der Waals surface area contributed by atoms with Crippen LogP contribution in [0.3, 0.4) is 0 Å². The molecule has 0 saturated heterocycles. The Morgan fingerprint density at radius 3 is 2.35 bits per heavy atom. The van der Waals surface area contributed by atoms with Gasteiger partial charge in [0.05, 0.1) is 0 Å². The fourth-order valence-corrected chi connectivity index (χ4v) is 2.51. The highest BCUT2D eigenvalue weighted by Crippen LogP contribution is 2.43. The number of benzene rings is 2. The maximum Gasteiger partial charge on any atom is 0.330 e. The quantitative estimate of drug-likeness (QED) is 0.866. The highest BCUT2D eigenvalue weighted by atomic mass is 16.4. The van der Waals surface area contributed by atoms with Gasteiger partial charge < -0.3 is 10.4 Å². The largest absolute Gasteiger partial charge is 0.479 e. The molecule has 0 aliphatic heterocycles. The Morgan fingerprint density at radius 1 is 1.05 bits per heavy atom. The molecule has 0 spiro atoms. The summed E-state index contributed by atoms with van der Waals surface area (Å²) in [4.78, 5) is 11.6. The molecule has 0 heterocycles. The first-order valence-electron chi connectivity index (χ1n) is 6.89. The number of anilines is 1. The number of carbonyl (C=O) groups is 1. The smallest absolute Gasteiger partial charge is 0.330 e. The number of carboxylic acid groups (broad SMARTS) is 1. The van der Waals surface area contributed by atoms with E-state index in [-0.39, 0.29) is 0 Å². The minimum absolute atomic E-state index is 0.533. The van der Waals surface area contributed by atoms with Crippen LogP contribution in [0.4, 0.5) is 5.69 Å². The molecule has 0 radical (unpaired) electrons. The van der Waals surface area contributed by atoms with Crippen molar-refractivity contribution in [3.8, 4) is 0 Å². The van der Waals surface area contributed by atoms with Crippen LogP contribution < -0.4 is 5.32 Å². The van der Waals surface area contributed by atoms with Crippen molar-refractivity contribution >= 4 is 11.7 Å². The number of rotatable bonds is 5. The third kappa shape index (κ3) is 2.67. The molecule has 3 heteroatoms. The molecule has 3 nitrogen and oxygen atoms in total. The second kappa shape index (κ2) is 5.37. The number of para-hydroxylation sites is 1. The van der Waals surface area contributed by atoms with Crippen molar-refractivity contribution < 1.29 is 9.90 Å². The van der Waals surface area contributed by atoms with Gasteiger partial charge >= 0.3 is 5.97 Å². The van der Waals surface area contributed by atoms with Crippen molar-refractivity contribution in [1.82, 2.24) is 0 Å². The first kappa shape index (κ1) is 12.7. The highest BCUT2D eigenvalue weighted by Gasteiger charge is 2.30. The van der Waals surface area contributed by atoms with Crippen LogP contribution in [0.5, 0.6) is 0 Å². The van der Waals surface area contributed by atoms with E-state index in [1.54, 1.807) is 0 Å². The molecule has 3 rings (SSSR count). The number of hydrogen-bond acceptors (Lipinski definition) is 2. The van der Waals surface area contributed by atoms with Gasteiger partial charge in [-0.2, -0.15) is 0 Å². The molecular formula is C17H17NO2. The Balaban J connectivity index is 1.93. The van der Waals surface area contributed by atoms with Crippen molar-refractivity contribution in [2.45, 2.75) is 24.8 Å². The zero-order valence-corrected chi connectivity index (χ0v) is 11.1. The molecule has 1 unspecified atom stereocenters. The van der Waals surface area contributed by atoms with Crippen LogP contribution in [0.2, 0.25) is 0 Å². The van der Waals surface area contributed by atoms with E-state index in [0.29, 0.717) is 5.92 Å². The molecule has 1 atom stereocenters. The Hall–Kier alpha value is -2.29. The molecule has 1 aliphatic carbocycles. The molecule has 2 aromatic carbocycles. The van der Waals surface area contributed by atoms with Gasteiger partial charge in [0.2, 0.25) is 0 Å². The van der Waals surface area contributed by atoms with E-state index < -0.39 is 12.0 Å². The fraction of sp³-hybridized carbons (Fsp3) is 0.235. The highest BCUT2D eigenvalue weighted by molar-refractivity contribution is 5.80. The average molecular weight is 267 g/mol. The fourth-order valence-electron chi connectivity index (χ4n) is 2.51. The lowest BCUT2D eigenvalue weighted by molar-refractivity contribution is -0.138. The molecular weight excluding hydrogens is 250 g/mol. The van der Waals surface area contributed by atoms with Crippen LogP contribution in [0, 0.1) is 0 Å². The molecule has 0 aromatic heterocycles. The first-order chi connectivity index (χ1) is 9.75. The van der Waals surface area contributed by atoms with Gasteiger partial charge in [0.1, 0.15) is 0 Å². The van der Waals surface area contributed by atoms with Gasteiger partial charge in [0.25, 0.3) is 0 Å². The van der Waals surface area contributed by atoms with Crippen LogP contribution in [0.1, 0.15) is 35.9 Å². The van der Waals surface area contributed by atoms with E-state index in [1.165, 1.54) is 5.56 Å². The number of nitrogens with one attached hydrogen (secondary N) is 1. The molecule has 20 heavy (non-hydrogen) atoms. The van der Waals surface area contributed by atoms with E-state index in [4.69, 9.17) is 0 Å². The first-order valence-corrected chi connectivity index (χ1v) is 6.89. The SMILES string of the molecule is O=C(O)C(Nc1ccccc1)c1ccccc1C1CC1. The van der Waals surface area contributed by atoms with E-state index in [0.717, 1.165) is 24.1 Å². The molecule has 1 fully saturated rings. The molecule has 0 bridgehead atoms. The van der Waals surface area contributed by atoms with E-state index in [2.05, 4.69) is 11.4 Å². The summed E-state index contributed by atoms with van der Waals surface area (Å²) in [7, 11) is 0. The van der Waals surface area contributed by atoms with Crippen molar-refractivity contribution in [2.24, 2.45) is 0 Å². The minimum Gasteiger partial charge on any atom is -0.479 e. The van der Waals surface area contributed by atoms with Crippen LogP contribution in [-0.2, 0) is 4.79 Å². The lowest BCUT2D eigenvalue weighted by atomic mass is 9.97. The topological polar surface area (TPSA) is 49.3 Å². The lowest BCUT2D eigenvalue weighted by Crippen LogP contribution is -2.21. The normalized spacial score (nSPS) is 15.6. The molecule has 2 aromatic rings. The third-order valence-electron chi connectivity index (χ3n) is 3.66. The van der Waals surface area contributed by atoms with E-state index in [9.17, 15) is 9.90 Å². The van der Waals surface area contributed by atoms with Crippen LogP contribution in [0.25, 0.3) is 0 Å². The van der Waals surface area contributed by atoms with Crippen LogP contribution >= 0.6 is 0 Å². The Kier molecular flexibility index (Phi) is 3.42. The summed E-state index contributed by atoms with van der Waals surface area (Å²) in [5, 5.41) is 12.7. The Morgan fingerprint density at radius 2 is 1.70 bits per heavy atom. The standard InChI is InChI=1S/C17H17NO2/c19-17(20)16(18-13-6-2-1-3-7-13)15-9-5-4-8-14(15)12-10-11-12/h1-9,12,16,18H,10-11H2,(H,19,20). The van der Waals surface area contributed by atoms with Crippen LogP contribution in [0.15, 0.2) is 54.6 Å². The summed E-state index contributed by atoms with van der Waals surface area (Å²) in [6.45, 7) is 0. The van der Waals surface area contributed by atoms with Gasteiger partial charge in [-0.05, 0) is 42.0 Å². The lowest BCUT2D eigenvalue weighted by Gasteiger charge is -2.19. The summed E-state index contributed by atoms with van der Waals surface area (Å²) in [5.41, 5.74) is 2.88. The summed E-state index contributed by atoms with van der Waals surface area (Å²) in [5.74, 6) is -0.312. The molecule has 0 amide bonds. The van der Waals surface area contributed by atoms with Crippen LogP contribution in [-0.4, -0.2) is 11.1 Å². The number of aliphatic carboxylic acids is 1. The van der Waals surface area contributed by atoms with Gasteiger partial charge in [-0.1, -0.05) is 42.5 Å². The van der Waals surface area contributed by atoms with E-state index >= 15 is 0 Å². The average Bonchev–Trinajstić information content (AvgIpc) is 3.30.